The van der Waals surface area contributed by atoms with Gasteiger partial charge in [0.2, 0.25) is 0 Å². The molecule has 0 radical (unpaired) electrons. The molecule has 0 aromatic rings. The van der Waals surface area contributed by atoms with Crippen LogP contribution in [0.5, 0.6) is 0 Å². The number of likely N-dealkylation sites (N-methyl/N-ethyl adjacent to an activating group) is 1. The molecule has 1 aliphatic heterocycles. The maximum atomic E-state index is 5.38. The molecule has 0 bridgehead atoms. The molecule has 2 N–H and O–H groups in total. The zero-order valence-electron chi connectivity index (χ0n) is 6.21. The number of nitrogens with zero attached hydrogens (tertiary/aromatic N) is 2. The quantitative estimate of drug-likeness (QED) is 0.443. The predicted octanol–water partition coefficient (Wildman–Crippen LogP) is -0.523. The summed E-state index contributed by atoms with van der Waals surface area (Å²) in [6.07, 6.45) is 0. The normalized spacial score (nSPS) is 16.9. The zero-order valence-corrected chi connectivity index (χ0v) is 7.02. The summed E-state index contributed by atoms with van der Waals surface area (Å²) in [4.78, 5) is 4.24. The van der Waals surface area contributed by atoms with Crippen LogP contribution in [-0.2, 0) is 0 Å². The van der Waals surface area contributed by atoms with Gasteiger partial charge >= 0.3 is 0 Å². The van der Waals surface area contributed by atoms with Gasteiger partial charge in [-0.3, -0.25) is 4.90 Å². The molecule has 58 valence electrons. The van der Waals surface area contributed by atoms with Gasteiger partial charge in [0, 0.05) is 33.2 Å². The summed E-state index contributed by atoms with van der Waals surface area (Å²) in [7, 11) is 1.92. The van der Waals surface area contributed by atoms with Crippen LogP contribution in [0.3, 0.4) is 0 Å². The van der Waals surface area contributed by atoms with Crippen molar-refractivity contribution in [1.82, 2.24) is 9.80 Å². The highest BCUT2D eigenvalue weighted by atomic mass is 32.1. The minimum Gasteiger partial charge on any atom is -0.376 e. The van der Waals surface area contributed by atoms with Gasteiger partial charge in [-0.2, -0.15) is 0 Å². The molecule has 0 aromatic heterocycles. The summed E-state index contributed by atoms with van der Waals surface area (Å²) in [6.45, 7) is 4.53. The third-order valence-corrected chi connectivity index (χ3v) is 1.98. The molecule has 1 fully saturated rings. The van der Waals surface area contributed by atoms with E-state index in [-0.39, 0.29) is 0 Å². The molecule has 0 atom stereocenters. The molecule has 1 saturated heterocycles. The Kier molecular flexibility index (Phi) is 2.45. The maximum Gasteiger partial charge on any atom is 0.166 e. The molecule has 1 aliphatic rings. The molecule has 0 saturated carbocycles. The molecular weight excluding hydrogens is 146 g/mol. The molecule has 0 amide bonds. The van der Waals surface area contributed by atoms with Gasteiger partial charge in [-0.05, 0) is 12.2 Å². The van der Waals surface area contributed by atoms with Crippen LogP contribution in [0.2, 0.25) is 0 Å². The Morgan fingerprint density at radius 1 is 1.70 bits per heavy atom. The summed E-state index contributed by atoms with van der Waals surface area (Å²) in [5, 5.41) is 0.488. The Balaban J connectivity index is 2.05. The Morgan fingerprint density at radius 3 is 2.70 bits per heavy atom. The molecule has 0 aliphatic carbocycles. The Bertz CT molecular complexity index is 133. The van der Waals surface area contributed by atoms with Crippen LogP contribution in [0.25, 0.3) is 0 Å². The summed E-state index contributed by atoms with van der Waals surface area (Å²) in [5.41, 5.74) is 5.38. The molecule has 10 heavy (non-hydrogen) atoms. The highest BCUT2D eigenvalue weighted by molar-refractivity contribution is 7.80. The van der Waals surface area contributed by atoms with Crippen molar-refractivity contribution in [3.05, 3.63) is 0 Å². The fourth-order valence-electron chi connectivity index (χ4n) is 0.696. The average molecular weight is 159 g/mol. The topological polar surface area (TPSA) is 32.3 Å². The molecule has 0 spiro atoms. The number of nitrogens with two attached hydrogens (primary N) is 1. The maximum absolute atomic E-state index is 5.38. The van der Waals surface area contributed by atoms with Gasteiger partial charge in [0.1, 0.15) is 0 Å². The second-order valence-corrected chi connectivity index (χ2v) is 3.02. The third-order valence-electron chi connectivity index (χ3n) is 1.67. The van der Waals surface area contributed by atoms with Crippen molar-refractivity contribution >= 4 is 17.3 Å². The largest absolute Gasteiger partial charge is 0.376 e. The van der Waals surface area contributed by atoms with E-state index in [1.54, 1.807) is 0 Å². The van der Waals surface area contributed by atoms with Crippen molar-refractivity contribution in [2.24, 2.45) is 5.73 Å². The molecule has 0 aromatic carbocycles. The van der Waals surface area contributed by atoms with E-state index in [2.05, 4.69) is 4.90 Å². The number of rotatable bonds is 3. The van der Waals surface area contributed by atoms with Crippen molar-refractivity contribution < 1.29 is 0 Å². The second-order valence-electron chi connectivity index (χ2n) is 2.60. The first-order valence-corrected chi connectivity index (χ1v) is 3.84. The van der Waals surface area contributed by atoms with Crippen molar-refractivity contribution in [2.75, 3.05) is 33.2 Å². The van der Waals surface area contributed by atoms with E-state index in [1.165, 1.54) is 13.1 Å². The van der Waals surface area contributed by atoms with Crippen LogP contribution in [0.15, 0.2) is 0 Å². The highest BCUT2D eigenvalue weighted by Gasteiger charge is 2.16. The van der Waals surface area contributed by atoms with Crippen LogP contribution in [-0.4, -0.2) is 48.1 Å². The summed E-state index contributed by atoms with van der Waals surface area (Å²) in [5.74, 6) is 0. The Labute approximate surface area is 66.8 Å². The lowest BCUT2D eigenvalue weighted by Crippen LogP contribution is -2.35. The van der Waals surface area contributed by atoms with Gasteiger partial charge in [0.25, 0.3) is 0 Å². The molecule has 3 nitrogen and oxygen atoms in total. The minimum absolute atomic E-state index is 0.488. The van der Waals surface area contributed by atoms with Crippen LogP contribution in [0.4, 0.5) is 0 Å². The van der Waals surface area contributed by atoms with Gasteiger partial charge < -0.3 is 10.6 Å². The van der Waals surface area contributed by atoms with Gasteiger partial charge in [0.15, 0.2) is 5.11 Å². The SMILES string of the molecule is CN(CCN1CC1)C(N)=S. The molecule has 4 heteroatoms. The summed E-state index contributed by atoms with van der Waals surface area (Å²) < 4.78 is 0. The first-order chi connectivity index (χ1) is 4.70. The van der Waals surface area contributed by atoms with E-state index >= 15 is 0 Å². The molecule has 1 heterocycles. The highest BCUT2D eigenvalue weighted by Crippen LogP contribution is 2.01. The molecule has 1 rings (SSSR count). The monoisotopic (exact) mass is 159 g/mol. The van der Waals surface area contributed by atoms with E-state index < -0.39 is 0 Å². The summed E-state index contributed by atoms with van der Waals surface area (Å²) in [6, 6.07) is 0. The first-order valence-electron chi connectivity index (χ1n) is 3.43. The number of hydrogen-bond acceptors (Lipinski definition) is 2. The van der Waals surface area contributed by atoms with Gasteiger partial charge in [-0.1, -0.05) is 0 Å². The minimum atomic E-state index is 0.488. The smallest absolute Gasteiger partial charge is 0.166 e. The Hall–Kier alpha value is -0.350. The van der Waals surface area contributed by atoms with Crippen molar-refractivity contribution in [3.63, 3.8) is 0 Å². The Morgan fingerprint density at radius 2 is 2.30 bits per heavy atom. The lowest BCUT2D eigenvalue weighted by atomic mass is 10.6. The van der Waals surface area contributed by atoms with Gasteiger partial charge in [0.05, 0.1) is 0 Å². The van der Waals surface area contributed by atoms with E-state index in [0.29, 0.717) is 5.11 Å². The predicted molar refractivity (Wildman–Crippen MR) is 45.9 cm³/mol. The summed E-state index contributed by atoms with van der Waals surface area (Å²) >= 11 is 4.78. The lowest BCUT2D eigenvalue weighted by molar-refractivity contribution is 0.435. The first kappa shape index (κ1) is 7.75. The number of hydrogen-bond donors (Lipinski definition) is 1. The average Bonchev–Trinajstić information content (AvgIpc) is 2.64. The van der Waals surface area contributed by atoms with Gasteiger partial charge in [-0.15, -0.1) is 0 Å². The van der Waals surface area contributed by atoms with Gasteiger partial charge in [-0.25, -0.2) is 0 Å². The van der Waals surface area contributed by atoms with Crippen molar-refractivity contribution in [2.45, 2.75) is 0 Å². The van der Waals surface area contributed by atoms with E-state index in [1.807, 2.05) is 11.9 Å². The van der Waals surface area contributed by atoms with Crippen molar-refractivity contribution in [3.8, 4) is 0 Å². The second kappa shape index (κ2) is 3.16. The van der Waals surface area contributed by atoms with Crippen LogP contribution in [0.1, 0.15) is 0 Å². The molecular formula is C6H13N3S. The molecule has 0 unspecified atom stereocenters. The van der Waals surface area contributed by atoms with Crippen LogP contribution >= 0.6 is 12.2 Å². The van der Waals surface area contributed by atoms with Crippen LogP contribution < -0.4 is 5.73 Å². The van der Waals surface area contributed by atoms with E-state index in [9.17, 15) is 0 Å². The standard InChI is InChI=1S/C6H13N3S/c1-8(6(7)10)2-3-9-4-5-9/h2-5H2,1H3,(H2,7,10). The fraction of sp³-hybridized carbons (Fsp3) is 0.833. The number of thiocarbonyl (C=S) groups is 1. The zero-order chi connectivity index (χ0) is 7.56. The van der Waals surface area contributed by atoms with Crippen molar-refractivity contribution in [1.29, 1.82) is 0 Å². The van der Waals surface area contributed by atoms with E-state index in [4.69, 9.17) is 18.0 Å². The van der Waals surface area contributed by atoms with E-state index in [0.717, 1.165) is 13.1 Å². The fourth-order valence-corrected chi connectivity index (χ4v) is 0.787. The van der Waals surface area contributed by atoms with Crippen LogP contribution in [0, 0.1) is 0 Å². The lowest BCUT2D eigenvalue weighted by Gasteiger charge is -2.16. The third kappa shape index (κ3) is 2.49.